The summed E-state index contributed by atoms with van der Waals surface area (Å²) in [6, 6.07) is 7.24. The lowest BCUT2D eigenvalue weighted by atomic mass is 10.2. The Morgan fingerprint density at radius 2 is 2.14 bits per heavy atom. The van der Waals surface area contributed by atoms with Gasteiger partial charge in [-0.1, -0.05) is 12.1 Å². The fourth-order valence-corrected chi connectivity index (χ4v) is 1.49. The van der Waals surface area contributed by atoms with Gasteiger partial charge in [-0.2, -0.15) is 0 Å². The molecule has 4 heteroatoms. The van der Waals surface area contributed by atoms with Crippen LogP contribution >= 0.6 is 15.9 Å². The minimum atomic E-state index is -0.120. The summed E-state index contributed by atoms with van der Waals surface area (Å²) in [5.74, 6) is -0.120. The van der Waals surface area contributed by atoms with Crippen LogP contribution < -0.4 is 5.32 Å². The van der Waals surface area contributed by atoms with Crippen molar-refractivity contribution >= 4 is 21.8 Å². The van der Waals surface area contributed by atoms with E-state index in [1.807, 2.05) is 18.2 Å². The molecule has 0 fully saturated rings. The van der Waals surface area contributed by atoms with Gasteiger partial charge in [0.1, 0.15) is 0 Å². The van der Waals surface area contributed by atoms with Crippen molar-refractivity contribution in [3.8, 4) is 0 Å². The van der Waals surface area contributed by atoms with Gasteiger partial charge in [-0.15, -0.1) is 0 Å². The number of rotatable bonds is 4. The maximum Gasteiger partial charge on any atom is 0.252 e. The minimum absolute atomic E-state index is 0.0935. The van der Waals surface area contributed by atoms with Crippen LogP contribution in [-0.4, -0.2) is 24.2 Å². The normalized spacial score (nSPS) is 9.86. The first kappa shape index (κ1) is 11.2. The van der Waals surface area contributed by atoms with Gasteiger partial charge < -0.3 is 10.4 Å². The molecule has 0 atom stereocenters. The predicted molar refractivity (Wildman–Crippen MR) is 58.2 cm³/mol. The summed E-state index contributed by atoms with van der Waals surface area (Å²) in [5.41, 5.74) is 0.616. The molecule has 3 nitrogen and oxygen atoms in total. The summed E-state index contributed by atoms with van der Waals surface area (Å²) in [6.07, 6.45) is 0.580. The molecule has 0 aliphatic heterocycles. The van der Waals surface area contributed by atoms with E-state index < -0.39 is 0 Å². The Kier molecular flexibility index (Phi) is 4.62. The number of hydrogen-bond donors (Lipinski definition) is 2. The van der Waals surface area contributed by atoms with E-state index in [0.717, 1.165) is 4.47 Å². The molecule has 1 amide bonds. The summed E-state index contributed by atoms with van der Waals surface area (Å²) in [6.45, 7) is 0.590. The highest BCUT2D eigenvalue weighted by Crippen LogP contribution is 2.15. The summed E-state index contributed by atoms with van der Waals surface area (Å²) in [4.78, 5) is 11.5. The first-order valence-electron chi connectivity index (χ1n) is 4.39. The van der Waals surface area contributed by atoms with E-state index in [2.05, 4.69) is 21.2 Å². The molecular formula is C10H12BrNO2. The van der Waals surface area contributed by atoms with Gasteiger partial charge >= 0.3 is 0 Å². The number of aliphatic hydroxyl groups is 1. The van der Waals surface area contributed by atoms with Crippen molar-refractivity contribution in [2.75, 3.05) is 13.2 Å². The Hall–Kier alpha value is -0.870. The van der Waals surface area contributed by atoms with E-state index in [1.165, 1.54) is 0 Å². The summed E-state index contributed by atoms with van der Waals surface area (Å²) < 4.78 is 0.779. The van der Waals surface area contributed by atoms with E-state index in [-0.39, 0.29) is 12.5 Å². The molecule has 0 bridgehead atoms. The van der Waals surface area contributed by atoms with Crippen LogP contribution in [0.1, 0.15) is 16.8 Å². The SMILES string of the molecule is O=C(NCCCO)c1ccccc1Br. The minimum Gasteiger partial charge on any atom is -0.396 e. The first-order chi connectivity index (χ1) is 6.75. The number of aliphatic hydroxyl groups excluding tert-OH is 1. The Bertz CT molecular complexity index is 315. The fourth-order valence-electron chi connectivity index (χ4n) is 1.02. The quantitative estimate of drug-likeness (QED) is 0.805. The highest BCUT2D eigenvalue weighted by atomic mass is 79.9. The predicted octanol–water partition coefficient (Wildman–Crippen LogP) is 1.56. The molecule has 0 heterocycles. The molecule has 0 saturated carbocycles. The molecule has 0 spiro atoms. The van der Waals surface area contributed by atoms with E-state index in [1.54, 1.807) is 6.07 Å². The van der Waals surface area contributed by atoms with Gasteiger partial charge in [0.25, 0.3) is 5.91 Å². The van der Waals surface area contributed by atoms with Crippen molar-refractivity contribution in [2.24, 2.45) is 0 Å². The second kappa shape index (κ2) is 5.78. The molecular weight excluding hydrogens is 246 g/mol. The monoisotopic (exact) mass is 257 g/mol. The van der Waals surface area contributed by atoms with Crippen molar-refractivity contribution < 1.29 is 9.90 Å². The van der Waals surface area contributed by atoms with Crippen molar-refractivity contribution in [1.29, 1.82) is 0 Å². The van der Waals surface area contributed by atoms with E-state index in [0.29, 0.717) is 18.5 Å². The van der Waals surface area contributed by atoms with Gasteiger partial charge in [-0.25, -0.2) is 0 Å². The molecule has 1 aromatic carbocycles. The van der Waals surface area contributed by atoms with Crippen LogP contribution in [0, 0.1) is 0 Å². The number of halogens is 1. The fraction of sp³-hybridized carbons (Fsp3) is 0.300. The van der Waals surface area contributed by atoms with E-state index in [9.17, 15) is 4.79 Å². The number of carbonyl (C=O) groups excluding carboxylic acids is 1. The van der Waals surface area contributed by atoms with E-state index in [4.69, 9.17) is 5.11 Å². The zero-order valence-electron chi connectivity index (χ0n) is 7.66. The van der Waals surface area contributed by atoms with Crippen molar-refractivity contribution in [2.45, 2.75) is 6.42 Å². The average molecular weight is 258 g/mol. The third-order valence-electron chi connectivity index (χ3n) is 1.74. The Balaban J connectivity index is 2.56. The average Bonchev–Trinajstić information content (AvgIpc) is 2.18. The molecule has 0 aliphatic rings. The van der Waals surface area contributed by atoms with Gasteiger partial charge in [0.05, 0.1) is 5.56 Å². The number of benzene rings is 1. The van der Waals surface area contributed by atoms with Crippen LogP contribution in [0.2, 0.25) is 0 Å². The van der Waals surface area contributed by atoms with Crippen molar-refractivity contribution in [1.82, 2.24) is 5.32 Å². The van der Waals surface area contributed by atoms with Crippen LogP contribution in [0.25, 0.3) is 0 Å². The number of carbonyl (C=O) groups is 1. The number of nitrogens with one attached hydrogen (secondary N) is 1. The largest absolute Gasteiger partial charge is 0.396 e. The van der Waals surface area contributed by atoms with Crippen LogP contribution in [0.5, 0.6) is 0 Å². The second-order valence-electron chi connectivity index (χ2n) is 2.81. The van der Waals surface area contributed by atoms with Gasteiger partial charge in [0, 0.05) is 17.6 Å². The number of hydrogen-bond acceptors (Lipinski definition) is 2. The Labute approximate surface area is 91.3 Å². The third kappa shape index (κ3) is 3.12. The lowest BCUT2D eigenvalue weighted by Crippen LogP contribution is -2.25. The second-order valence-corrected chi connectivity index (χ2v) is 3.67. The molecule has 1 aromatic rings. The summed E-state index contributed by atoms with van der Waals surface area (Å²) in [5, 5.41) is 11.3. The molecule has 14 heavy (non-hydrogen) atoms. The van der Waals surface area contributed by atoms with Crippen LogP contribution in [-0.2, 0) is 0 Å². The molecule has 2 N–H and O–H groups in total. The summed E-state index contributed by atoms with van der Waals surface area (Å²) in [7, 11) is 0. The highest BCUT2D eigenvalue weighted by molar-refractivity contribution is 9.10. The maximum absolute atomic E-state index is 11.5. The lowest BCUT2D eigenvalue weighted by molar-refractivity contribution is 0.0950. The zero-order valence-corrected chi connectivity index (χ0v) is 9.25. The molecule has 0 aliphatic carbocycles. The van der Waals surface area contributed by atoms with Crippen molar-refractivity contribution in [3.05, 3.63) is 34.3 Å². The maximum atomic E-state index is 11.5. The van der Waals surface area contributed by atoms with Gasteiger partial charge in [0.15, 0.2) is 0 Å². The third-order valence-corrected chi connectivity index (χ3v) is 2.43. The smallest absolute Gasteiger partial charge is 0.252 e. The van der Waals surface area contributed by atoms with Gasteiger partial charge in [0.2, 0.25) is 0 Å². The first-order valence-corrected chi connectivity index (χ1v) is 5.18. The molecule has 0 unspecified atom stereocenters. The highest BCUT2D eigenvalue weighted by Gasteiger charge is 2.07. The standard InChI is InChI=1S/C10H12BrNO2/c11-9-5-2-1-4-8(9)10(14)12-6-3-7-13/h1-2,4-5,13H,3,6-7H2,(H,12,14). The Morgan fingerprint density at radius 3 is 2.79 bits per heavy atom. The lowest BCUT2D eigenvalue weighted by Gasteiger charge is -2.05. The topological polar surface area (TPSA) is 49.3 Å². The molecule has 76 valence electrons. The summed E-state index contributed by atoms with van der Waals surface area (Å²) >= 11 is 3.30. The zero-order chi connectivity index (χ0) is 10.4. The molecule has 0 saturated heterocycles. The van der Waals surface area contributed by atoms with Crippen LogP contribution in [0.3, 0.4) is 0 Å². The van der Waals surface area contributed by atoms with Gasteiger partial charge in [-0.05, 0) is 34.5 Å². The van der Waals surface area contributed by atoms with Crippen LogP contribution in [0.4, 0.5) is 0 Å². The molecule has 0 aromatic heterocycles. The number of amides is 1. The Morgan fingerprint density at radius 1 is 1.43 bits per heavy atom. The van der Waals surface area contributed by atoms with Crippen LogP contribution in [0.15, 0.2) is 28.7 Å². The van der Waals surface area contributed by atoms with E-state index >= 15 is 0 Å². The molecule has 0 radical (unpaired) electrons. The van der Waals surface area contributed by atoms with Gasteiger partial charge in [-0.3, -0.25) is 4.79 Å². The van der Waals surface area contributed by atoms with Crippen molar-refractivity contribution in [3.63, 3.8) is 0 Å². The molecule has 1 rings (SSSR count).